The molecule has 1 aromatic heterocycles. The molecule has 1 heterocycles. The molecule has 0 saturated carbocycles. The third kappa shape index (κ3) is 2.86. The lowest BCUT2D eigenvalue weighted by Gasteiger charge is -2.13. The molecule has 1 atom stereocenters. The Labute approximate surface area is 107 Å². The van der Waals surface area contributed by atoms with Gasteiger partial charge in [0.25, 0.3) is 0 Å². The van der Waals surface area contributed by atoms with E-state index < -0.39 is 0 Å². The molecule has 3 heteroatoms. The highest BCUT2D eigenvalue weighted by molar-refractivity contribution is 5.87. The zero-order chi connectivity index (χ0) is 13.0. The quantitative estimate of drug-likeness (QED) is 0.808. The molecule has 0 aliphatic carbocycles. The highest BCUT2D eigenvalue weighted by Crippen LogP contribution is 2.21. The largest absolute Gasteiger partial charge is 0.299 e. The Morgan fingerprint density at radius 3 is 2.56 bits per heavy atom. The Kier molecular flexibility index (Phi) is 3.92. The summed E-state index contributed by atoms with van der Waals surface area (Å²) in [6, 6.07) is 11.9. The van der Waals surface area contributed by atoms with Crippen LogP contribution in [0.3, 0.4) is 0 Å². The van der Waals surface area contributed by atoms with Gasteiger partial charge in [-0.05, 0) is 18.1 Å². The fourth-order valence-electron chi connectivity index (χ4n) is 2.19. The maximum atomic E-state index is 12.3. The molecule has 0 radical (unpaired) electrons. The minimum Gasteiger partial charge on any atom is -0.299 e. The van der Waals surface area contributed by atoms with Gasteiger partial charge in [0.05, 0.1) is 12.1 Å². The van der Waals surface area contributed by atoms with Gasteiger partial charge in [-0.1, -0.05) is 37.3 Å². The molecule has 0 aliphatic rings. The van der Waals surface area contributed by atoms with Gasteiger partial charge in [0.2, 0.25) is 0 Å². The van der Waals surface area contributed by atoms with E-state index in [0.717, 1.165) is 17.7 Å². The number of carbonyl (C=O) groups excluding carboxylic acids is 1. The topological polar surface area (TPSA) is 34.9 Å². The monoisotopic (exact) mass is 242 g/mol. The molecule has 2 aromatic rings. The highest BCUT2D eigenvalue weighted by atomic mass is 16.1. The molecule has 2 rings (SSSR count). The van der Waals surface area contributed by atoms with E-state index in [-0.39, 0.29) is 11.7 Å². The van der Waals surface area contributed by atoms with E-state index in [0.29, 0.717) is 6.42 Å². The van der Waals surface area contributed by atoms with E-state index in [2.05, 4.69) is 5.10 Å². The van der Waals surface area contributed by atoms with Crippen molar-refractivity contribution in [2.45, 2.75) is 25.7 Å². The smallest absolute Gasteiger partial charge is 0.146 e. The van der Waals surface area contributed by atoms with Crippen LogP contribution in [0.5, 0.6) is 0 Å². The predicted octanol–water partition coefficient (Wildman–Crippen LogP) is 2.73. The summed E-state index contributed by atoms with van der Waals surface area (Å²) < 4.78 is 1.73. The molecule has 94 valence electrons. The van der Waals surface area contributed by atoms with Crippen LogP contribution in [0, 0.1) is 0 Å². The van der Waals surface area contributed by atoms with Crippen LogP contribution in [0.4, 0.5) is 0 Å². The minimum absolute atomic E-state index is 0.0202. The summed E-state index contributed by atoms with van der Waals surface area (Å²) in [5.41, 5.74) is 1.94. The number of aromatic nitrogens is 2. The molecule has 0 amide bonds. The normalized spacial score (nSPS) is 12.3. The first kappa shape index (κ1) is 12.6. The number of ketones is 1. The first-order valence-electron chi connectivity index (χ1n) is 6.27. The summed E-state index contributed by atoms with van der Waals surface area (Å²) in [5, 5.41) is 4.26. The van der Waals surface area contributed by atoms with Crippen LogP contribution in [0.15, 0.2) is 42.6 Å². The molecule has 0 saturated heterocycles. The minimum atomic E-state index is -0.0202. The predicted molar refractivity (Wildman–Crippen MR) is 71.4 cm³/mol. The molecule has 0 aliphatic heterocycles. The molecular formula is C15H18N2O. The van der Waals surface area contributed by atoms with Crippen molar-refractivity contribution in [1.29, 1.82) is 0 Å². The van der Waals surface area contributed by atoms with E-state index >= 15 is 0 Å². The summed E-state index contributed by atoms with van der Waals surface area (Å²) >= 11 is 0. The van der Waals surface area contributed by atoms with Crippen molar-refractivity contribution in [1.82, 2.24) is 9.78 Å². The lowest BCUT2D eigenvalue weighted by Crippen LogP contribution is -2.14. The van der Waals surface area contributed by atoms with Crippen LogP contribution in [-0.4, -0.2) is 15.6 Å². The average molecular weight is 242 g/mol. The van der Waals surface area contributed by atoms with Crippen molar-refractivity contribution in [3.8, 4) is 0 Å². The molecule has 3 nitrogen and oxygen atoms in total. The second kappa shape index (κ2) is 5.63. The molecule has 18 heavy (non-hydrogen) atoms. The first-order chi connectivity index (χ1) is 8.70. The Morgan fingerprint density at radius 1 is 1.28 bits per heavy atom. The summed E-state index contributed by atoms with van der Waals surface area (Å²) in [6.45, 7) is 2.05. The number of hydrogen-bond acceptors (Lipinski definition) is 2. The lowest BCUT2D eigenvalue weighted by atomic mass is 9.90. The number of carbonyl (C=O) groups is 1. The molecule has 0 fully saturated rings. The van der Waals surface area contributed by atoms with Crippen molar-refractivity contribution >= 4 is 5.78 Å². The van der Waals surface area contributed by atoms with Crippen LogP contribution >= 0.6 is 0 Å². The molecule has 0 N–H and O–H groups in total. The number of nitrogens with zero attached hydrogens (tertiary/aromatic N) is 2. The highest BCUT2D eigenvalue weighted by Gasteiger charge is 2.19. The van der Waals surface area contributed by atoms with E-state index in [9.17, 15) is 4.79 Å². The van der Waals surface area contributed by atoms with Gasteiger partial charge in [-0.2, -0.15) is 5.10 Å². The summed E-state index contributed by atoms with van der Waals surface area (Å²) in [4.78, 5) is 12.3. The number of aryl methyl sites for hydroxylation is 1. The van der Waals surface area contributed by atoms with Crippen molar-refractivity contribution in [3.63, 3.8) is 0 Å². The van der Waals surface area contributed by atoms with Crippen LogP contribution in [0.2, 0.25) is 0 Å². The third-order valence-corrected chi connectivity index (χ3v) is 3.12. The fourth-order valence-corrected chi connectivity index (χ4v) is 2.19. The van der Waals surface area contributed by atoms with Gasteiger partial charge in [-0.25, -0.2) is 0 Å². The van der Waals surface area contributed by atoms with E-state index in [1.54, 1.807) is 4.68 Å². The summed E-state index contributed by atoms with van der Waals surface area (Å²) in [7, 11) is 1.86. The van der Waals surface area contributed by atoms with E-state index in [4.69, 9.17) is 0 Å². The van der Waals surface area contributed by atoms with Crippen LogP contribution in [0.1, 0.15) is 30.5 Å². The first-order valence-corrected chi connectivity index (χ1v) is 6.27. The fraction of sp³-hybridized carbons (Fsp3) is 0.333. The summed E-state index contributed by atoms with van der Waals surface area (Å²) in [6.07, 6.45) is 3.11. The van der Waals surface area contributed by atoms with Gasteiger partial charge >= 0.3 is 0 Å². The van der Waals surface area contributed by atoms with Gasteiger partial charge in [-0.3, -0.25) is 9.48 Å². The van der Waals surface area contributed by atoms with Crippen LogP contribution < -0.4 is 0 Å². The third-order valence-electron chi connectivity index (χ3n) is 3.12. The molecule has 0 bridgehead atoms. The number of rotatable bonds is 5. The molecular weight excluding hydrogens is 224 g/mol. The van der Waals surface area contributed by atoms with Gasteiger partial charge in [0, 0.05) is 19.2 Å². The lowest BCUT2D eigenvalue weighted by molar-refractivity contribution is -0.120. The standard InChI is InChI=1S/C15H18N2O/c1-3-14(12-7-5-4-6-8-12)15(18)11-13-9-10-17(2)16-13/h4-10,14H,3,11H2,1-2H3. The number of benzene rings is 1. The second-order valence-electron chi connectivity index (χ2n) is 4.50. The average Bonchev–Trinajstić information content (AvgIpc) is 2.77. The Balaban J connectivity index is 2.11. The molecule has 0 spiro atoms. The Bertz CT molecular complexity index is 516. The Hall–Kier alpha value is -1.90. The zero-order valence-electron chi connectivity index (χ0n) is 10.8. The Morgan fingerprint density at radius 2 is 2.00 bits per heavy atom. The number of hydrogen-bond donors (Lipinski definition) is 0. The number of Topliss-reactive ketones (excluding diaryl/α,β-unsaturated/α-hetero) is 1. The van der Waals surface area contributed by atoms with Crippen LogP contribution in [0.25, 0.3) is 0 Å². The summed E-state index contributed by atoms with van der Waals surface area (Å²) in [5.74, 6) is 0.218. The maximum Gasteiger partial charge on any atom is 0.146 e. The van der Waals surface area contributed by atoms with E-state index in [1.807, 2.05) is 56.6 Å². The van der Waals surface area contributed by atoms with Gasteiger partial charge < -0.3 is 0 Å². The van der Waals surface area contributed by atoms with Crippen LogP contribution in [-0.2, 0) is 18.3 Å². The van der Waals surface area contributed by atoms with Crippen molar-refractivity contribution < 1.29 is 4.79 Å². The van der Waals surface area contributed by atoms with Crippen molar-refractivity contribution in [2.24, 2.45) is 7.05 Å². The molecule has 1 unspecified atom stereocenters. The van der Waals surface area contributed by atoms with Gasteiger partial charge in [-0.15, -0.1) is 0 Å². The second-order valence-corrected chi connectivity index (χ2v) is 4.50. The maximum absolute atomic E-state index is 12.3. The van der Waals surface area contributed by atoms with E-state index in [1.165, 1.54) is 0 Å². The van der Waals surface area contributed by atoms with Gasteiger partial charge in [0.15, 0.2) is 0 Å². The van der Waals surface area contributed by atoms with Gasteiger partial charge in [0.1, 0.15) is 5.78 Å². The molecule has 1 aromatic carbocycles. The van der Waals surface area contributed by atoms with Crippen molar-refractivity contribution in [3.05, 3.63) is 53.9 Å². The SMILES string of the molecule is CCC(C(=O)Cc1ccn(C)n1)c1ccccc1. The zero-order valence-corrected chi connectivity index (χ0v) is 10.8. The van der Waals surface area contributed by atoms with Crippen molar-refractivity contribution in [2.75, 3.05) is 0 Å².